The molecule has 2 aliphatic rings. The Balaban J connectivity index is 2.07. The van der Waals surface area contributed by atoms with Gasteiger partial charge < -0.3 is 4.90 Å². The van der Waals surface area contributed by atoms with Gasteiger partial charge in [-0.3, -0.25) is 4.79 Å². The average Bonchev–Trinajstić information content (AvgIpc) is 2.60. The van der Waals surface area contributed by atoms with E-state index < -0.39 is 10.7 Å². The number of piperidine rings is 1. The van der Waals surface area contributed by atoms with Gasteiger partial charge in [-0.15, -0.1) is 0 Å². The fraction of sp³-hybridized carbons (Fsp3) is 0.875. The van der Waals surface area contributed by atoms with E-state index in [-0.39, 0.29) is 6.04 Å². The van der Waals surface area contributed by atoms with Crippen molar-refractivity contribution in [1.29, 1.82) is 0 Å². The molecule has 13 heavy (non-hydrogen) atoms. The van der Waals surface area contributed by atoms with Crippen LogP contribution in [0.4, 0.5) is 8.78 Å². The Bertz CT molecular complexity index is 241. The molecular formula is C8H10BrF2NO. The quantitative estimate of drug-likeness (QED) is 0.655. The Labute approximate surface area is 83.4 Å². The molecule has 1 heterocycles. The number of carbonyl (C=O) groups excluding carboxylic acids is 1. The summed E-state index contributed by atoms with van der Waals surface area (Å²) in [5.41, 5.74) is 0. The van der Waals surface area contributed by atoms with E-state index in [9.17, 15) is 13.6 Å². The number of rotatable bonds is 1. The minimum Gasteiger partial charge on any atom is -0.333 e. The number of carbonyl (C=O) groups is 1. The van der Waals surface area contributed by atoms with Crippen molar-refractivity contribution in [2.45, 2.75) is 30.1 Å². The normalized spacial score (nSPS) is 32.7. The Kier molecular flexibility index (Phi) is 2.09. The van der Waals surface area contributed by atoms with E-state index in [1.165, 1.54) is 4.90 Å². The average molecular weight is 254 g/mol. The molecule has 2 unspecified atom stereocenters. The summed E-state index contributed by atoms with van der Waals surface area (Å²) in [5, 5.41) is 0. The summed E-state index contributed by atoms with van der Waals surface area (Å²) >= 11 is 2.10. The highest BCUT2D eigenvalue weighted by atomic mass is 79.9. The van der Waals surface area contributed by atoms with Crippen LogP contribution in [0.25, 0.3) is 0 Å². The summed E-state index contributed by atoms with van der Waals surface area (Å²) in [4.78, 5) is 9.13. The smallest absolute Gasteiger partial charge is 0.333 e. The zero-order chi connectivity index (χ0) is 9.64. The van der Waals surface area contributed by atoms with Gasteiger partial charge in [0.15, 0.2) is 0 Å². The van der Waals surface area contributed by atoms with Crippen LogP contribution >= 0.6 is 15.9 Å². The molecule has 1 amide bonds. The van der Waals surface area contributed by atoms with Crippen molar-refractivity contribution < 1.29 is 13.6 Å². The monoisotopic (exact) mass is 253 g/mol. The number of fused-ring (bicyclic) bond motifs is 2. The largest absolute Gasteiger partial charge is 0.377 e. The predicted molar refractivity (Wildman–Crippen MR) is 46.7 cm³/mol. The summed E-state index contributed by atoms with van der Waals surface area (Å²) < 4.78 is 25.2. The lowest BCUT2D eigenvalue weighted by Gasteiger charge is -2.28. The molecule has 0 N–H and O–H groups in total. The van der Waals surface area contributed by atoms with Crippen LogP contribution in [-0.4, -0.2) is 28.2 Å². The second kappa shape index (κ2) is 2.90. The first-order valence-corrected chi connectivity index (χ1v) is 5.15. The van der Waals surface area contributed by atoms with Crippen molar-refractivity contribution in [3.8, 4) is 0 Å². The first-order chi connectivity index (χ1) is 5.98. The third kappa shape index (κ3) is 1.58. The molecule has 0 aromatic heterocycles. The number of hydrogen-bond acceptors (Lipinski definition) is 1. The van der Waals surface area contributed by atoms with Crippen LogP contribution in [-0.2, 0) is 4.79 Å². The van der Waals surface area contributed by atoms with E-state index in [0.717, 1.165) is 19.3 Å². The third-order valence-corrected chi connectivity index (χ3v) is 3.25. The van der Waals surface area contributed by atoms with Crippen molar-refractivity contribution in [3.63, 3.8) is 0 Å². The Morgan fingerprint density at radius 3 is 2.54 bits per heavy atom. The van der Waals surface area contributed by atoms with Gasteiger partial charge in [0.2, 0.25) is 0 Å². The molecule has 0 aromatic carbocycles. The standard InChI is InChI=1S/C8H10BrF2NO/c9-8(10,11)7(13)12-4-5-1-2-6(12)3-5/h5-6H,1-4H2. The molecule has 0 spiro atoms. The number of halogens is 3. The molecule has 2 bridgehead atoms. The van der Waals surface area contributed by atoms with Crippen LogP contribution in [0.15, 0.2) is 0 Å². The van der Waals surface area contributed by atoms with Gasteiger partial charge in [0, 0.05) is 28.5 Å². The zero-order valence-electron chi connectivity index (χ0n) is 6.97. The van der Waals surface area contributed by atoms with Crippen molar-refractivity contribution in [2.75, 3.05) is 6.54 Å². The molecule has 1 aliphatic carbocycles. The number of likely N-dealkylation sites (tertiary alicyclic amines) is 1. The molecule has 5 heteroatoms. The summed E-state index contributed by atoms with van der Waals surface area (Å²) in [5.74, 6) is -0.608. The van der Waals surface area contributed by atoms with Gasteiger partial charge in [-0.25, -0.2) is 0 Å². The van der Waals surface area contributed by atoms with Crippen LogP contribution in [0.3, 0.4) is 0 Å². The van der Waals surface area contributed by atoms with E-state index in [4.69, 9.17) is 0 Å². The first-order valence-electron chi connectivity index (χ1n) is 4.36. The number of nitrogens with zero attached hydrogens (tertiary/aromatic N) is 1. The maximum Gasteiger partial charge on any atom is 0.377 e. The highest BCUT2D eigenvalue weighted by Gasteiger charge is 2.47. The van der Waals surface area contributed by atoms with Crippen molar-refractivity contribution >= 4 is 21.8 Å². The molecule has 2 rings (SSSR count). The molecule has 1 saturated carbocycles. The van der Waals surface area contributed by atoms with Crippen LogP contribution in [0.5, 0.6) is 0 Å². The lowest BCUT2D eigenvalue weighted by atomic mass is 10.1. The molecule has 1 aliphatic heterocycles. The van der Waals surface area contributed by atoms with E-state index in [0.29, 0.717) is 12.5 Å². The van der Waals surface area contributed by atoms with Gasteiger partial charge in [-0.1, -0.05) is 0 Å². The summed E-state index contributed by atoms with van der Waals surface area (Å²) in [6.07, 6.45) is 2.89. The molecular weight excluding hydrogens is 244 g/mol. The number of alkyl halides is 3. The van der Waals surface area contributed by atoms with Crippen molar-refractivity contribution in [1.82, 2.24) is 4.90 Å². The van der Waals surface area contributed by atoms with Gasteiger partial charge >= 0.3 is 10.7 Å². The van der Waals surface area contributed by atoms with E-state index in [2.05, 4.69) is 15.9 Å². The van der Waals surface area contributed by atoms with Gasteiger partial charge in [-0.05, 0) is 25.2 Å². The molecule has 2 fully saturated rings. The van der Waals surface area contributed by atoms with Gasteiger partial charge in [-0.2, -0.15) is 8.78 Å². The topological polar surface area (TPSA) is 20.3 Å². The van der Waals surface area contributed by atoms with E-state index in [1.807, 2.05) is 0 Å². The van der Waals surface area contributed by atoms with Crippen molar-refractivity contribution in [3.05, 3.63) is 0 Å². The SMILES string of the molecule is O=C(N1CC2CCC1C2)C(F)(F)Br. The summed E-state index contributed by atoms with van der Waals surface area (Å²) in [6.45, 7) is 0.519. The molecule has 74 valence electrons. The number of amides is 1. The fourth-order valence-corrected chi connectivity index (χ4v) is 2.56. The van der Waals surface area contributed by atoms with Crippen molar-refractivity contribution in [2.24, 2.45) is 5.92 Å². The van der Waals surface area contributed by atoms with E-state index >= 15 is 0 Å². The molecule has 2 atom stereocenters. The minimum atomic E-state index is -3.38. The molecule has 1 saturated heterocycles. The maximum absolute atomic E-state index is 12.6. The maximum atomic E-state index is 12.6. The fourth-order valence-electron chi connectivity index (χ4n) is 2.34. The minimum absolute atomic E-state index is 0.0703. The van der Waals surface area contributed by atoms with Gasteiger partial charge in [0.05, 0.1) is 0 Å². The second-order valence-electron chi connectivity index (χ2n) is 3.79. The Morgan fingerprint density at radius 1 is 1.46 bits per heavy atom. The highest BCUT2D eigenvalue weighted by Crippen LogP contribution is 2.40. The zero-order valence-corrected chi connectivity index (χ0v) is 8.56. The summed E-state index contributed by atoms with van der Waals surface area (Å²) in [7, 11) is 0. The molecule has 0 aromatic rings. The van der Waals surface area contributed by atoms with Crippen LogP contribution in [0.2, 0.25) is 0 Å². The second-order valence-corrected chi connectivity index (χ2v) is 4.78. The highest BCUT2D eigenvalue weighted by molar-refractivity contribution is 9.10. The number of hydrogen-bond donors (Lipinski definition) is 0. The lowest BCUT2D eigenvalue weighted by molar-refractivity contribution is -0.147. The molecule has 0 radical (unpaired) electrons. The van der Waals surface area contributed by atoms with Gasteiger partial charge in [0.1, 0.15) is 0 Å². The first kappa shape index (κ1) is 9.37. The Hall–Kier alpha value is -0.190. The van der Waals surface area contributed by atoms with Crippen LogP contribution in [0, 0.1) is 5.92 Å². The lowest BCUT2D eigenvalue weighted by Crippen LogP contribution is -2.44. The van der Waals surface area contributed by atoms with Crippen LogP contribution < -0.4 is 0 Å². The molecule has 2 nitrogen and oxygen atoms in total. The Morgan fingerprint density at radius 2 is 2.15 bits per heavy atom. The summed E-state index contributed by atoms with van der Waals surface area (Å²) in [6, 6.07) is 0.0703. The van der Waals surface area contributed by atoms with Crippen LogP contribution in [0.1, 0.15) is 19.3 Å². The predicted octanol–water partition coefficient (Wildman–Crippen LogP) is 1.98. The van der Waals surface area contributed by atoms with Gasteiger partial charge in [0.25, 0.3) is 0 Å². The van der Waals surface area contributed by atoms with E-state index in [1.54, 1.807) is 0 Å². The third-order valence-electron chi connectivity index (χ3n) is 2.91.